The van der Waals surface area contributed by atoms with Crippen molar-refractivity contribution in [2.24, 2.45) is 5.84 Å². The van der Waals surface area contributed by atoms with Crippen molar-refractivity contribution in [1.29, 1.82) is 0 Å². The molecule has 0 spiro atoms. The summed E-state index contributed by atoms with van der Waals surface area (Å²) >= 11 is 1.70. The molecule has 2 aromatic rings. The average Bonchev–Trinajstić information content (AvgIpc) is 2.92. The van der Waals surface area contributed by atoms with Crippen LogP contribution in [-0.2, 0) is 6.42 Å². The van der Waals surface area contributed by atoms with Crippen molar-refractivity contribution < 1.29 is 0 Å². The van der Waals surface area contributed by atoms with Crippen molar-refractivity contribution in [3.05, 3.63) is 40.7 Å². The molecule has 3 N–H and O–H groups in total. The molecule has 0 saturated carbocycles. The van der Waals surface area contributed by atoms with Crippen LogP contribution in [0.4, 0.5) is 0 Å². The minimum atomic E-state index is 0.271. The number of nitrogens with two attached hydrogens (primary N) is 1. The number of nitrogens with one attached hydrogen (secondary N) is 1. The summed E-state index contributed by atoms with van der Waals surface area (Å²) in [6.07, 6.45) is 1.89. The standard InChI is InChI=1S/C15H22N4S/c1-19(2)9-8-13(18-16)10-15-17-14(11-20-15)12-6-4-3-5-7-12/h3-7,11,13,18H,8-10,16H2,1-2H3. The molecule has 0 aliphatic heterocycles. The minimum Gasteiger partial charge on any atom is -0.309 e. The zero-order valence-electron chi connectivity index (χ0n) is 12.0. The van der Waals surface area contributed by atoms with Crippen molar-refractivity contribution in [2.45, 2.75) is 18.9 Å². The fraction of sp³-hybridized carbons (Fsp3) is 0.400. The van der Waals surface area contributed by atoms with Gasteiger partial charge in [0.15, 0.2) is 0 Å². The predicted octanol–water partition coefficient (Wildman–Crippen LogP) is 2.14. The van der Waals surface area contributed by atoms with Gasteiger partial charge in [0, 0.05) is 23.4 Å². The Morgan fingerprint density at radius 2 is 2.05 bits per heavy atom. The highest BCUT2D eigenvalue weighted by molar-refractivity contribution is 7.09. The molecule has 0 saturated heterocycles. The number of nitrogens with zero attached hydrogens (tertiary/aromatic N) is 2. The third-order valence-corrected chi connectivity index (χ3v) is 4.07. The second kappa shape index (κ2) is 7.50. The molecule has 4 nitrogen and oxygen atoms in total. The van der Waals surface area contributed by atoms with Gasteiger partial charge in [-0.2, -0.15) is 0 Å². The van der Waals surface area contributed by atoms with Gasteiger partial charge >= 0.3 is 0 Å². The van der Waals surface area contributed by atoms with Crippen molar-refractivity contribution in [3.63, 3.8) is 0 Å². The first-order valence-electron chi connectivity index (χ1n) is 6.79. The second-order valence-electron chi connectivity index (χ2n) is 5.15. The highest BCUT2D eigenvalue weighted by atomic mass is 32.1. The molecule has 20 heavy (non-hydrogen) atoms. The van der Waals surface area contributed by atoms with Gasteiger partial charge in [-0.1, -0.05) is 30.3 Å². The van der Waals surface area contributed by atoms with Crippen LogP contribution in [0.15, 0.2) is 35.7 Å². The molecular weight excluding hydrogens is 268 g/mol. The average molecular weight is 290 g/mol. The molecule has 1 aromatic carbocycles. The predicted molar refractivity (Wildman–Crippen MR) is 85.5 cm³/mol. The van der Waals surface area contributed by atoms with E-state index in [2.05, 4.69) is 41.9 Å². The molecule has 1 aromatic heterocycles. The topological polar surface area (TPSA) is 54.2 Å². The third kappa shape index (κ3) is 4.38. The third-order valence-electron chi connectivity index (χ3n) is 3.20. The first kappa shape index (κ1) is 15.1. The zero-order valence-corrected chi connectivity index (χ0v) is 12.9. The van der Waals surface area contributed by atoms with E-state index in [9.17, 15) is 0 Å². The second-order valence-corrected chi connectivity index (χ2v) is 6.09. The van der Waals surface area contributed by atoms with E-state index in [-0.39, 0.29) is 6.04 Å². The van der Waals surface area contributed by atoms with E-state index in [1.165, 1.54) is 5.56 Å². The van der Waals surface area contributed by atoms with E-state index in [0.717, 1.165) is 30.1 Å². The molecule has 0 aliphatic rings. The minimum absolute atomic E-state index is 0.271. The number of hydrogen-bond acceptors (Lipinski definition) is 5. The Balaban J connectivity index is 1.98. The van der Waals surface area contributed by atoms with E-state index in [1.807, 2.05) is 18.2 Å². The van der Waals surface area contributed by atoms with Crippen molar-refractivity contribution in [1.82, 2.24) is 15.3 Å². The van der Waals surface area contributed by atoms with Crippen LogP contribution in [0, 0.1) is 0 Å². The molecule has 1 atom stereocenters. The Hall–Kier alpha value is -1.27. The largest absolute Gasteiger partial charge is 0.309 e. The van der Waals surface area contributed by atoms with Crippen LogP contribution in [0.1, 0.15) is 11.4 Å². The number of thiazole rings is 1. The van der Waals surface area contributed by atoms with Gasteiger partial charge in [0.2, 0.25) is 0 Å². The smallest absolute Gasteiger partial charge is 0.0948 e. The van der Waals surface area contributed by atoms with Crippen molar-refractivity contribution >= 4 is 11.3 Å². The number of benzene rings is 1. The lowest BCUT2D eigenvalue weighted by Gasteiger charge is -2.17. The van der Waals surface area contributed by atoms with Crippen LogP contribution in [0.25, 0.3) is 11.3 Å². The van der Waals surface area contributed by atoms with Gasteiger partial charge in [0.1, 0.15) is 0 Å². The van der Waals surface area contributed by atoms with E-state index < -0.39 is 0 Å². The summed E-state index contributed by atoms with van der Waals surface area (Å²) in [6, 6.07) is 10.5. The van der Waals surface area contributed by atoms with Crippen LogP contribution < -0.4 is 11.3 Å². The molecule has 0 aliphatic carbocycles. The van der Waals surface area contributed by atoms with E-state index in [0.29, 0.717) is 0 Å². The van der Waals surface area contributed by atoms with E-state index >= 15 is 0 Å². The summed E-state index contributed by atoms with van der Waals surface area (Å²) in [5.74, 6) is 5.63. The number of rotatable bonds is 7. The lowest BCUT2D eigenvalue weighted by atomic mass is 10.1. The monoisotopic (exact) mass is 290 g/mol. The zero-order chi connectivity index (χ0) is 14.4. The Labute approximate surface area is 124 Å². The number of hydrazine groups is 1. The van der Waals surface area contributed by atoms with Crippen LogP contribution in [0.5, 0.6) is 0 Å². The SMILES string of the molecule is CN(C)CCC(Cc1nc(-c2ccccc2)cs1)NN. The Bertz CT molecular complexity index is 510. The normalized spacial score (nSPS) is 12.8. The van der Waals surface area contributed by atoms with Crippen LogP contribution >= 0.6 is 11.3 Å². The number of aromatic nitrogens is 1. The maximum Gasteiger partial charge on any atom is 0.0948 e. The Kier molecular flexibility index (Phi) is 5.67. The summed E-state index contributed by atoms with van der Waals surface area (Å²) in [5, 5.41) is 3.25. The summed E-state index contributed by atoms with van der Waals surface area (Å²) < 4.78 is 0. The maximum atomic E-state index is 5.63. The Morgan fingerprint density at radius 1 is 1.30 bits per heavy atom. The van der Waals surface area contributed by atoms with Gasteiger partial charge in [-0.05, 0) is 27.1 Å². The quantitative estimate of drug-likeness (QED) is 0.606. The van der Waals surface area contributed by atoms with E-state index in [4.69, 9.17) is 10.8 Å². The lowest BCUT2D eigenvalue weighted by Crippen LogP contribution is -2.38. The van der Waals surface area contributed by atoms with Gasteiger partial charge in [0.05, 0.1) is 10.7 Å². The molecule has 1 unspecified atom stereocenters. The first-order valence-corrected chi connectivity index (χ1v) is 7.67. The fourth-order valence-corrected chi connectivity index (χ4v) is 2.90. The molecule has 108 valence electrons. The van der Waals surface area contributed by atoms with Gasteiger partial charge in [0.25, 0.3) is 0 Å². The summed E-state index contributed by atoms with van der Waals surface area (Å²) in [7, 11) is 4.15. The van der Waals surface area contributed by atoms with Crippen LogP contribution in [0.3, 0.4) is 0 Å². The summed E-state index contributed by atoms with van der Waals surface area (Å²) in [6.45, 7) is 1.02. The Morgan fingerprint density at radius 3 is 2.70 bits per heavy atom. The molecule has 5 heteroatoms. The molecular formula is C15H22N4S. The van der Waals surface area contributed by atoms with Crippen LogP contribution in [-0.4, -0.2) is 36.6 Å². The van der Waals surface area contributed by atoms with Gasteiger partial charge in [-0.3, -0.25) is 11.3 Å². The molecule has 0 fully saturated rings. The maximum absolute atomic E-state index is 5.63. The number of hydrogen-bond donors (Lipinski definition) is 2. The lowest BCUT2D eigenvalue weighted by molar-refractivity contribution is 0.358. The van der Waals surface area contributed by atoms with Crippen LogP contribution in [0.2, 0.25) is 0 Å². The molecule has 1 heterocycles. The van der Waals surface area contributed by atoms with Gasteiger partial charge < -0.3 is 4.90 Å². The molecule has 2 rings (SSSR count). The summed E-state index contributed by atoms with van der Waals surface area (Å²) in [4.78, 5) is 6.87. The van der Waals surface area contributed by atoms with Gasteiger partial charge in [-0.15, -0.1) is 11.3 Å². The molecule has 0 radical (unpaired) electrons. The van der Waals surface area contributed by atoms with Crippen molar-refractivity contribution in [2.75, 3.05) is 20.6 Å². The molecule has 0 amide bonds. The first-order chi connectivity index (χ1) is 9.69. The highest BCUT2D eigenvalue weighted by Gasteiger charge is 2.11. The summed E-state index contributed by atoms with van der Waals surface area (Å²) in [5.41, 5.74) is 5.11. The fourth-order valence-electron chi connectivity index (χ4n) is 2.02. The molecule has 0 bridgehead atoms. The van der Waals surface area contributed by atoms with Crippen molar-refractivity contribution in [3.8, 4) is 11.3 Å². The highest BCUT2D eigenvalue weighted by Crippen LogP contribution is 2.22. The van der Waals surface area contributed by atoms with Gasteiger partial charge in [-0.25, -0.2) is 4.98 Å². The van der Waals surface area contributed by atoms with E-state index in [1.54, 1.807) is 11.3 Å².